The van der Waals surface area contributed by atoms with Gasteiger partial charge in [0.15, 0.2) is 0 Å². The van der Waals surface area contributed by atoms with Crippen molar-refractivity contribution in [3.8, 4) is 5.75 Å². The lowest BCUT2D eigenvalue weighted by atomic mass is 10.1. The van der Waals surface area contributed by atoms with E-state index in [0.29, 0.717) is 23.0 Å². The Morgan fingerprint density at radius 3 is 2.21 bits per heavy atom. The molecule has 0 spiro atoms. The summed E-state index contributed by atoms with van der Waals surface area (Å²) in [6.07, 6.45) is 0. The molecule has 0 aliphatic carbocycles. The van der Waals surface area contributed by atoms with Gasteiger partial charge in [-0.3, -0.25) is 9.10 Å². The smallest absolute Gasteiger partial charge is 0.264 e. The van der Waals surface area contributed by atoms with Crippen LogP contribution in [0, 0.1) is 6.92 Å². The molecule has 0 heterocycles. The van der Waals surface area contributed by atoms with E-state index in [4.69, 9.17) is 16.3 Å². The third-order valence-electron chi connectivity index (χ3n) is 4.94. The van der Waals surface area contributed by atoms with E-state index in [1.165, 1.54) is 24.3 Å². The second-order valence-electron chi connectivity index (χ2n) is 7.49. The van der Waals surface area contributed by atoms with Crippen LogP contribution in [-0.4, -0.2) is 33.2 Å². The average Bonchev–Trinajstić information content (AvgIpc) is 2.82. The molecular formula is C25H26ClN3O4S. The SMILES string of the molecule is CCOc1ccc(/C(C)=N\NC(=O)CN(c2ccc(C)cc2)S(=O)(=O)c2ccc(Cl)cc2)cc1. The number of ether oxygens (including phenoxy) is 1. The highest BCUT2D eigenvalue weighted by Gasteiger charge is 2.27. The summed E-state index contributed by atoms with van der Waals surface area (Å²) in [5.41, 5.74) is 5.15. The summed E-state index contributed by atoms with van der Waals surface area (Å²) in [5, 5.41) is 4.55. The number of amides is 1. The van der Waals surface area contributed by atoms with Crippen molar-refractivity contribution < 1.29 is 17.9 Å². The minimum absolute atomic E-state index is 0.0272. The molecule has 3 aromatic rings. The maximum atomic E-state index is 13.4. The van der Waals surface area contributed by atoms with E-state index >= 15 is 0 Å². The summed E-state index contributed by atoms with van der Waals surface area (Å²) < 4.78 is 33.2. The van der Waals surface area contributed by atoms with Crippen LogP contribution in [0.4, 0.5) is 5.69 Å². The van der Waals surface area contributed by atoms with Crippen LogP contribution < -0.4 is 14.5 Å². The van der Waals surface area contributed by atoms with Crippen LogP contribution in [0.5, 0.6) is 5.75 Å². The molecule has 178 valence electrons. The van der Waals surface area contributed by atoms with Gasteiger partial charge in [-0.15, -0.1) is 0 Å². The highest BCUT2D eigenvalue weighted by molar-refractivity contribution is 7.92. The van der Waals surface area contributed by atoms with Crippen LogP contribution in [0.15, 0.2) is 82.8 Å². The molecule has 7 nitrogen and oxygen atoms in total. The topological polar surface area (TPSA) is 88.1 Å². The number of rotatable bonds is 9. The van der Waals surface area contributed by atoms with E-state index in [0.717, 1.165) is 21.2 Å². The maximum Gasteiger partial charge on any atom is 0.264 e. The number of anilines is 1. The van der Waals surface area contributed by atoms with Gasteiger partial charge >= 0.3 is 0 Å². The molecule has 3 rings (SSSR count). The van der Waals surface area contributed by atoms with Crippen molar-refractivity contribution in [3.05, 3.63) is 88.9 Å². The Morgan fingerprint density at radius 2 is 1.62 bits per heavy atom. The van der Waals surface area contributed by atoms with Gasteiger partial charge in [0, 0.05) is 5.02 Å². The van der Waals surface area contributed by atoms with Crippen molar-refractivity contribution in [1.29, 1.82) is 0 Å². The predicted molar refractivity (Wildman–Crippen MR) is 135 cm³/mol. The van der Waals surface area contributed by atoms with Crippen LogP contribution in [0.3, 0.4) is 0 Å². The number of carbonyl (C=O) groups excluding carboxylic acids is 1. The van der Waals surface area contributed by atoms with E-state index in [-0.39, 0.29) is 4.90 Å². The second-order valence-corrected chi connectivity index (χ2v) is 9.79. The van der Waals surface area contributed by atoms with Gasteiger partial charge in [0.05, 0.1) is 22.9 Å². The van der Waals surface area contributed by atoms with Crippen LogP contribution >= 0.6 is 11.6 Å². The van der Waals surface area contributed by atoms with Crippen molar-refractivity contribution in [1.82, 2.24) is 5.43 Å². The number of hydrogen-bond acceptors (Lipinski definition) is 5. The first-order chi connectivity index (χ1) is 16.2. The van der Waals surface area contributed by atoms with E-state index in [1.807, 2.05) is 38.1 Å². The van der Waals surface area contributed by atoms with Crippen molar-refractivity contribution in [2.45, 2.75) is 25.7 Å². The lowest BCUT2D eigenvalue weighted by Crippen LogP contribution is -2.39. The van der Waals surface area contributed by atoms with Gasteiger partial charge in [-0.1, -0.05) is 29.3 Å². The monoisotopic (exact) mass is 499 g/mol. The number of benzene rings is 3. The molecule has 0 saturated heterocycles. The fraction of sp³-hybridized carbons (Fsp3) is 0.200. The molecule has 9 heteroatoms. The van der Waals surface area contributed by atoms with E-state index in [2.05, 4.69) is 10.5 Å². The zero-order valence-corrected chi connectivity index (χ0v) is 20.7. The van der Waals surface area contributed by atoms with Crippen LogP contribution in [0.1, 0.15) is 25.0 Å². The quantitative estimate of drug-likeness (QED) is 0.339. The molecule has 0 atom stereocenters. The minimum Gasteiger partial charge on any atom is -0.494 e. The summed E-state index contributed by atoms with van der Waals surface area (Å²) in [5.74, 6) is 0.160. The number of nitrogens with zero attached hydrogens (tertiary/aromatic N) is 2. The summed E-state index contributed by atoms with van der Waals surface area (Å²) in [6, 6.07) is 20.0. The lowest BCUT2D eigenvalue weighted by molar-refractivity contribution is -0.119. The molecule has 0 aliphatic rings. The Hall–Kier alpha value is -3.36. The molecule has 1 amide bonds. The third kappa shape index (κ3) is 6.36. The first kappa shape index (κ1) is 25.3. The molecular weight excluding hydrogens is 474 g/mol. The second kappa shape index (κ2) is 11.2. The molecule has 0 aromatic heterocycles. The molecule has 34 heavy (non-hydrogen) atoms. The van der Waals surface area contributed by atoms with Gasteiger partial charge in [0.25, 0.3) is 15.9 Å². The zero-order chi connectivity index (χ0) is 24.7. The van der Waals surface area contributed by atoms with Crippen molar-refractivity contribution in [2.75, 3.05) is 17.5 Å². The fourth-order valence-corrected chi connectivity index (χ4v) is 4.64. The predicted octanol–water partition coefficient (Wildman–Crippen LogP) is 4.78. The van der Waals surface area contributed by atoms with Crippen molar-refractivity contribution >= 4 is 38.9 Å². The van der Waals surface area contributed by atoms with Gasteiger partial charge in [-0.05, 0) is 87.0 Å². The molecule has 0 unspecified atom stereocenters. The zero-order valence-electron chi connectivity index (χ0n) is 19.2. The minimum atomic E-state index is -4.03. The van der Waals surface area contributed by atoms with Crippen LogP contribution in [0.25, 0.3) is 0 Å². The molecule has 0 aliphatic heterocycles. The number of aryl methyl sites for hydroxylation is 1. The standard InChI is InChI=1S/C25H26ClN3O4S/c1-4-33-23-13-7-20(8-14-23)19(3)27-28-25(30)17-29(22-11-5-18(2)6-12-22)34(31,32)24-15-9-21(26)10-16-24/h5-16H,4,17H2,1-3H3,(H,28,30)/b27-19-. The van der Waals surface area contributed by atoms with E-state index in [9.17, 15) is 13.2 Å². The van der Waals surface area contributed by atoms with Gasteiger partial charge < -0.3 is 4.74 Å². The van der Waals surface area contributed by atoms with Crippen LogP contribution in [0.2, 0.25) is 5.02 Å². The highest BCUT2D eigenvalue weighted by atomic mass is 35.5. The van der Waals surface area contributed by atoms with Crippen molar-refractivity contribution in [2.24, 2.45) is 5.10 Å². The Balaban J connectivity index is 1.81. The third-order valence-corrected chi connectivity index (χ3v) is 6.98. The fourth-order valence-electron chi connectivity index (χ4n) is 3.10. The Kier molecular flexibility index (Phi) is 8.31. The Bertz CT molecular complexity index is 1260. The number of nitrogens with one attached hydrogen (secondary N) is 1. The van der Waals surface area contributed by atoms with Crippen LogP contribution in [-0.2, 0) is 14.8 Å². The number of carbonyl (C=O) groups is 1. The highest BCUT2D eigenvalue weighted by Crippen LogP contribution is 2.25. The van der Waals surface area contributed by atoms with Gasteiger partial charge in [-0.2, -0.15) is 5.10 Å². The summed E-state index contributed by atoms with van der Waals surface area (Å²) in [4.78, 5) is 12.8. The largest absolute Gasteiger partial charge is 0.494 e. The molecule has 3 aromatic carbocycles. The number of halogens is 1. The Labute approximate surface area is 205 Å². The molecule has 0 radical (unpaired) electrons. The number of hydrogen-bond donors (Lipinski definition) is 1. The normalized spacial score (nSPS) is 11.7. The molecule has 1 N–H and O–H groups in total. The summed E-state index contributed by atoms with van der Waals surface area (Å²) in [7, 11) is -4.03. The van der Waals surface area contributed by atoms with E-state index < -0.39 is 22.5 Å². The lowest BCUT2D eigenvalue weighted by Gasteiger charge is -2.24. The maximum absolute atomic E-state index is 13.4. The molecule has 0 bridgehead atoms. The molecule has 0 fully saturated rings. The van der Waals surface area contributed by atoms with Gasteiger partial charge in [0.2, 0.25) is 0 Å². The number of sulfonamides is 1. The average molecular weight is 500 g/mol. The van der Waals surface area contributed by atoms with Gasteiger partial charge in [0.1, 0.15) is 12.3 Å². The molecule has 0 saturated carbocycles. The van der Waals surface area contributed by atoms with E-state index in [1.54, 1.807) is 31.2 Å². The number of hydrazone groups is 1. The van der Waals surface area contributed by atoms with Crippen molar-refractivity contribution in [3.63, 3.8) is 0 Å². The summed E-state index contributed by atoms with van der Waals surface area (Å²) >= 11 is 5.91. The first-order valence-corrected chi connectivity index (χ1v) is 12.4. The first-order valence-electron chi connectivity index (χ1n) is 10.6. The van der Waals surface area contributed by atoms with Gasteiger partial charge in [-0.25, -0.2) is 13.8 Å². The summed E-state index contributed by atoms with van der Waals surface area (Å²) in [6.45, 7) is 5.67. The Morgan fingerprint density at radius 1 is 1.00 bits per heavy atom.